The van der Waals surface area contributed by atoms with E-state index in [1.54, 1.807) is 7.11 Å². The van der Waals surface area contributed by atoms with Crippen molar-refractivity contribution in [1.29, 1.82) is 0 Å². The average Bonchev–Trinajstić information content (AvgIpc) is 3.11. The van der Waals surface area contributed by atoms with Gasteiger partial charge in [0, 0.05) is 39.7 Å². The number of guanidine groups is 1. The zero-order valence-electron chi connectivity index (χ0n) is 15.7. The van der Waals surface area contributed by atoms with E-state index in [-0.39, 0.29) is 24.0 Å². The zero-order chi connectivity index (χ0) is 17.2. The molecule has 1 N–H and O–H groups in total. The Bertz CT molecular complexity index is 502. The number of nitrogens with one attached hydrogen (secondary N) is 1. The van der Waals surface area contributed by atoms with Gasteiger partial charge in [-0.1, -0.05) is 12.1 Å². The van der Waals surface area contributed by atoms with Crippen LogP contribution in [0.3, 0.4) is 0 Å². The molecule has 0 amide bonds. The second-order valence-corrected chi connectivity index (χ2v) is 6.39. The van der Waals surface area contributed by atoms with Gasteiger partial charge in [0.25, 0.3) is 0 Å². The van der Waals surface area contributed by atoms with Crippen molar-refractivity contribution in [3.63, 3.8) is 0 Å². The molecule has 1 atom stereocenters. The minimum absolute atomic E-state index is 0. The van der Waals surface area contributed by atoms with Crippen molar-refractivity contribution >= 4 is 29.9 Å². The molecule has 25 heavy (non-hydrogen) atoms. The highest BCUT2D eigenvalue weighted by Crippen LogP contribution is 2.14. The number of hydrogen-bond acceptors (Lipinski definition) is 3. The van der Waals surface area contributed by atoms with Crippen molar-refractivity contribution in [2.75, 3.05) is 47.5 Å². The third-order valence-electron chi connectivity index (χ3n) is 4.46. The molecule has 1 aliphatic heterocycles. The lowest BCUT2D eigenvalue weighted by Gasteiger charge is -2.24. The lowest BCUT2D eigenvalue weighted by atomic mass is 10.1. The summed E-state index contributed by atoms with van der Waals surface area (Å²) >= 11 is 0. The summed E-state index contributed by atoms with van der Waals surface area (Å²) < 4.78 is 10.6. The molecule has 1 fully saturated rings. The van der Waals surface area contributed by atoms with E-state index in [4.69, 9.17) is 9.47 Å². The maximum absolute atomic E-state index is 5.45. The minimum Gasteiger partial charge on any atom is -0.497 e. The SMILES string of the molecule is CN=C(NCCCCc1ccc(OC)cc1)N(C)CC1CCOC1.I. The van der Waals surface area contributed by atoms with Gasteiger partial charge in [-0.15, -0.1) is 24.0 Å². The van der Waals surface area contributed by atoms with E-state index in [1.165, 1.54) is 5.56 Å². The smallest absolute Gasteiger partial charge is 0.193 e. The highest BCUT2D eigenvalue weighted by atomic mass is 127. The Balaban J connectivity index is 0.00000312. The number of aliphatic imine (C=N–C) groups is 1. The molecule has 6 heteroatoms. The van der Waals surface area contributed by atoms with Gasteiger partial charge in [-0.25, -0.2) is 0 Å². The van der Waals surface area contributed by atoms with Crippen LogP contribution in [0.2, 0.25) is 0 Å². The molecule has 1 aromatic rings. The van der Waals surface area contributed by atoms with Gasteiger partial charge in [-0.2, -0.15) is 0 Å². The van der Waals surface area contributed by atoms with Gasteiger partial charge in [-0.05, 0) is 43.4 Å². The van der Waals surface area contributed by atoms with Gasteiger partial charge >= 0.3 is 0 Å². The maximum Gasteiger partial charge on any atom is 0.193 e. The van der Waals surface area contributed by atoms with Gasteiger partial charge in [0.05, 0.1) is 13.7 Å². The van der Waals surface area contributed by atoms with E-state index in [9.17, 15) is 0 Å². The van der Waals surface area contributed by atoms with Crippen LogP contribution in [-0.2, 0) is 11.2 Å². The Morgan fingerprint density at radius 3 is 2.68 bits per heavy atom. The Morgan fingerprint density at radius 2 is 2.08 bits per heavy atom. The van der Waals surface area contributed by atoms with Crippen LogP contribution in [0.4, 0.5) is 0 Å². The number of methoxy groups -OCH3 is 1. The van der Waals surface area contributed by atoms with Crippen LogP contribution in [0.1, 0.15) is 24.8 Å². The molecule has 0 saturated carbocycles. The van der Waals surface area contributed by atoms with Crippen molar-refractivity contribution in [3.05, 3.63) is 29.8 Å². The number of benzene rings is 1. The summed E-state index contributed by atoms with van der Waals surface area (Å²) in [4.78, 5) is 6.59. The van der Waals surface area contributed by atoms with Gasteiger partial charge in [0.2, 0.25) is 0 Å². The minimum atomic E-state index is 0. The molecule has 0 radical (unpaired) electrons. The molecule has 5 nitrogen and oxygen atoms in total. The Kier molecular flexibility index (Phi) is 10.9. The second kappa shape index (κ2) is 12.4. The molecule has 1 saturated heterocycles. The Labute approximate surface area is 169 Å². The van der Waals surface area contributed by atoms with Crippen molar-refractivity contribution in [2.45, 2.75) is 25.7 Å². The van der Waals surface area contributed by atoms with E-state index in [2.05, 4.69) is 34.4 Å². The van der Waals surface area contributed by atoms with Gasteiger partial charge in [-0.3, -0.25) is 4.99 Å². The third-order valence-corrected chi connectivity index (χ3v) is 4.46. The van der Waals surface area contributed by atoms with Crippen LogP contribution < -0.4 is 10.1 Å². The first-order chi connectivity index (χ1) is 11.7. The Hall–Kier alpha value is -1.02. The lowest BCUT2D eigenvalue weighted by Crippen LogP contribution is -2.41. The molecule has 1 aliphatic rings. The number of hydrogen-bond donors (Lipinski definition) is 1. The van der Waals surface area contributed by atoms with Crippen LogP contribution in [0, 0.1) is 5.92 Å². The van der Waals surface area contributed by atoms with Crippen LogP contribution in [0.25, 0.3) is 0 Å². The van der Waals surface area contributed by atoms with Crippen LogP contribution in [0.5, 0.6) is 5.75 Å². The molecule has 142 valence electrons. The van der Waals surface area contributed by atoms with Gasteiger partial charge < -0.3 is 19.7 Å². The van der Waals surface area contributed by atoms with Crippen molar-refractivity contribution in [2.24, 2.45) is 10.9 Å². The van der Waals surface area contributed by atoms with Crippen molar-refractivity contribution in [1.82, 2.24) is 10.2 Å². The fraction of sp³-hybridized carbons (Fsp3) is 0.632. The summed E-state index contributed by atoms with van der Waals surface area (Å²) in [7, 11) is 5.65. The summed E-state index contributed by atoms with van der Waals surface area (Å²) in [6.07, 6.45) is 4.55. The van der Waals surface area contributed by atoms with Crippen molar-refractivity contribution < 1.29 is 9.47 Å². The molecular weight excluding hydrogens is 429 g/mol. The summed E-state index contributed by atoms with van der Waals surface area (Å²) in [6, 6.07) is 8.33. The molecule has 0 aliphatic carbocycles. The standard InChI is InChI=1S/C19H31N3O2.HI/c1-20-19(22(2)14-17-11-13-24-15-17)21-12-5-4-6-16-7-9-18(23-3)10-8-16;/h7-10,17H,4-6,11-15H2,1-3H3,(H,20,21);1H. The summed E-state index contributed by atoms with van der Waals surface area (Å²) in [5.41, 5.74) is 1.36. The largest absolute Gasteiger partial charge is 0.497 e. The topological polar surface area (TPSA) is 46.1 Å². The number of unbranched alkanes of at least 4 members (excludes halogenated alkanes) is 1. The Morgan fingerprint density at radius 1 is 1.32 bits per heavy atom. The number of halogens is 1. The predicted octanol–water partition coefficient (Wildman–Crippen LogP) is 3.18. The first-order valence-electron chi connectivity index (χ1n) is 8.85. The van der Waals surface area contributed by atoms with Crippen LogP contribution in [-0.4, -0.2) is 58.4 Å². The zero-order valence-corrected chi connectivity index (χ0v) is 18.0. The molecule has 1 aromatic carbocycles. The average molecular weight is 461 g/mol. The van der Waals surface area contributed by atoms with E-state index in [1.807, 2.05) is 19.2 Å². The first-order valence-corrected chi connectivity index (χ1v) is 8.85. The predicted molar refractivity (Wildman–Crippen MR) is 114 cm³/mol. The quantitative estimate of drug-likeness (QED) is 0.280. The molecular formula is C19H32IN3O2. The van der Waals surface area contributed by atoms with Gasteiger partial charge in [0.1, 0.15) is 5.75 Å². The van der Waals surface area contributed by atoms with E-state index >= 15 is 0 Å². The number of ether oxygens (including phenoxy) is 2. The van der Waals surface area contributed by atoms with Crippen LogP contribution in [0.15, 0.2) is 29.3 Å². The molecule has 0 bridgehead atoms. The normalized spacial score (nSPS) is 17.1. The fourth-order valence-electron chi connectivity index (χ4n) is 3.03. The molecule has 1 unspecified atom stereocenters. The monoisotopic (exact) mass is 461 g/mol. The van der Waals surface area contributed by atoms with Crippen LogP contribution >= 0.6 is 24.0 Å². The molecule has 1 heterocycles. The second-order valence-electron chi connectivity index (χ2n) is 6.39. The molecule has 0 spiro atoms. The number of rotatable bonds is 8. The van der Waals surface area contributed by atoms with Crippen molar-refractivity contribution in [3.8, 4) is 5.75 Å². The highest BCUT2D eigenvalue weighted by molar-refractivity contribution is 14.0. The molecule has 2 rings (SSSR count). The van der Waals surface area contributed by atoms with E-state index in [0.717, 1.165) is 63.7 Å². The summed E-state index contributed by atoms with van der Waals surface area (Å²) in [5.74, 6) is 2.52. The lowest BCUT2D eigenvalue weighted by molar-refractivity contribution is 0.181. The summed E-state index contributed by atoms with van der Waals surface area (Å²) in [5, 5.41) is 3.46. The number of nitrogens with zero attached hydrogens (tertiary/aromatic N) is 2. The van der Waals surface area contributed by atoms with E-state index < -0.39 is 0 Å². The van der Waals surface area contributed by atoms with E-state index in [0.29, 0.717) is 5.92 Å². The maximum atomic E-state index is 5.45. The first kappa shape index (κ1) is 22.0. The number of aryl methyl sites for hydroxylation is 1. The van der Waals surface area contributed by atoms with Gasteiger partial charge in [0.15, 0.2) is 5.96 Å². The summed E-state index contributed by atoms with van der Waals surface area (Å²) in [6.45, 7) is 3.74. The highest BCUT2D eigenvalue weighted by Gasteiger charge is 2.18. The third kappa shape index (κ3) is 7.81. The molecule has 0 aromatic heterocycles. The fourth-order valence-corrected chi connectivity index (χ4v) is 3.03.